The standard InChI is InChI=1S/C18H13N3OS/c22-18(20-13-6-5-11-19-12-13)21-14-7-1-3-9-16(14)23-17-10-4-2-8-15(17)21/h1-12H,(H,20,22). The predicted molar refractivity (Wildman–Crippen MR) is 92.4 cm³/mol. The summed E-state index contributed by atoms with van der Waals surface area (Å²) < 4.78 is 0. The first-order chi connectivity index (χ1) is 11.3. The van der Waals surface area contributed by atoms with Crippen LogP contribution in [0.4, 0.5) is 21.9 Å². The van der Waals surface area contributed by atoms with Crippen molar-refractivity contribution in [3.05, 3.63) is 73.1 Å². The average molecular weight is 319 g/mol. The molecule has 0 atom stereocenters. The van der Waals surface area contributed by atoms with Crippen molar-refractivity contribution in [2.24, 2.45) is 0 Å². The van der Waals surface area contributed by atoms with Gasteiger partial charge in [-0.25, -0.2) is 4.79 Å². The van der Waals surface area contributed by atoms with Gasteiger partial charge in [0, 0.05) is 16.0 Å². The number of pyridine rings is 1. The first-order valence-corrected chi connectivity index (χ1v) is 8.01. The van der Waals surface area contributed by atoms with Crippen molar-refractivity contribution in [2.75, 3.05) is 10.2 Å². The lowest BCUT2D eigenvalue weighted by Crippen LogP contribution is -2.32. The van der Waals surface area contributed by atoms with Crippen LogP contribution in [0.1, 0.15) is 0 Å². The molecule has 0 bridgehead atoms. The average Bonchev–Trinajstić information content (AvgIpc) is 2.60. The molecule has 2 aromatic carbocycles. The summed E-state index contributed by atoms with van der Waals surface area (Å²) in [5, 5.41) is 2.91. The minimum absolute atomic E-state index is 0.196. The van der Waals surface area contributed by atoms with Gasteiger partial charge in [-0.1, -0.05) is 36.0 Å². The Hall–Kier alpha value is -2.79. The van der Waals surface area contributed by atoms with Crippen molar-refractivity contribution in [3.8, 4) is 0 Å². The SMILES string of the molecule is O=C(Nc1cccnc1)N1c2ccccc2Sc2ccccc21. The molecule has 0 radical (unpaired) electrons. The molecule has 0 spiro atoms. The quantitative estimate of drug-likeness (QED) is 0.692. The van der Waals surface area contributed by atoms with Crippen LogP contribution in [0, 0.1) is 0 Å². The Morgan fingerprint density at radius 3 is 2.17 bits per heavy atom. The molecule has 1 aromatic heterocycles. The van der Waals surface area contributed by atoms with Gasteiger partial charge >= 0.3 is 6.03 Å². The van der Waals surface area contributed by atoms with Crippen LogP contribution in [0.5, 0.6) is 0 Å². The molecule has 1 N–H and O–H groups in total. The number of carbonyl (C=O) groups excluding carboxylic acids is 1. The van der Waals surface area contributed by atoms with Gasteiger partial charge in [0.1, 0.15) is 0 Å². The molecule has 4 nitrogen and oxygen atoms in total. The number of hydrogen-bond donors (Lipinski definition) is 1. The van der Waals surface area contributed by atoms with Crippen LogP contribution in [0.2, 0.25) is 0 Å². The molecular weight excluding hydrogens is 306 g/mol. The van der Waals surface area contributed by atoms with Crippen LogP contribution in [-0.4, -0.2) is 11.0 Å². The molecule has 2 heterocycles. The lowest BCUT2D eigenvalue weighted by atomic mass is 10.2. The Morgan fingerprint density at radius 2 is 1.57 bits per heavy atom. The maximum Gasteiger partial charge on any atom is 0.331 e. The van der Waals surface area contributed by atoms with E-state index in [-0.39, 0.29) is 6.03 Å². The Kier molecular flexibility index (Phi) is 3.48. The molecule has 23 heavy (non-hydrogen) atoms. The number of para-hydroxylation sites is 2. The fourth-order valence-electron chi connectivity index (χ4n) is 2.54. The number of rotatable bonds is 1. The Morgan fingerprint density at radius 1 is 0.913 bits per heavy atom. The highest BCUT2D eigenvalue weighted by molar-refractivity contribution is 7.99. The third-order valence-corrected chi connectivity index (χ3v) is 4.68. The third kappa shape index (κ3) is 2.55. The summed E-state index contributed by atoms with van der Waals surface area (Å²) in [6.45, 7) is 0. The van der Waals surface area contributed by atoms with Crippen molar-refractivity contribution < 1.29 is 4.79 Å². The topological polar surface area (TPSA) is 45.2 Å². The highest BCUT2D eigenvalue weighted by Gasteiger charge is 2.27. The van der Waals surface area contributed by atoms with Gasteiger partial charge in [-0.2, -0.15) is 0 Å². The van der Waals surface area contributed by atoms with Crippen LogP contribution in [0.25, 0.3) is 0 Å². The van der Waals surface area contributed by atoms with Crippen molar-refractivity contribution >= 4 is 34.9 Å². The van der Waals surface area contributed by atoms with Crippen LogP contribution < -0.4 is 10.2 Å². The molecule has 2 amide bonds. The number of carbonyl (C=O) groups is 1. The minimum atomic E-state index is -0.196. The van der Waals surface area contributed by atoms with E-state index in [9.17, 15) is 4.79 Å². The number of fused-ring (bicyclic) bond motifs is 2. The number of aromatic nitrogens is 1. The first kappa shape index (κ1) is 13.8. The maximum absolute atomic E-state index is 12.9. The van der Waals surface area contributed by atoms with Gasteiger partial charge in [0.2, 0.25) is 0 Å². The molecule has 0 unspecified atom stereocenters. The molecular formula is C18H13N3OS. The van der Waals surface area contributed by atoms with Crippen molar-refractivity contribution in [1.29, 1.82) is 0 Å². The van der Waals surface area contributed by atoms with Crippen molar-refractivity contribution in [3.63, 3.8) is 0 Å². The van der Waals surface area contributed by atoms with E-state index < -0.39 is 0 Å². The fraction of sp³-hybridized carbons (Fsp3) is 0. The summed E-state index contributed by atoms with van der Waals surface area (Å²) in [4.78, 5) is 20.7. The monoisotopic (exact) mass is 319 g/mol. The van der Waals surface area contributed by atoms with Crippen molar-refractivity contribution in [1.82, 2.24) is 4.98 Å². The highest BCUT2D eigenvalue weighted by Crippen LogP contribution is 2.47. The van der Waals surface area contributed by atoms with E-state index in [1.54, 1.807) is 35.1 Å². The molecule has 0 saturated heterocycles. The van der Waals surface area contributed by atoms with Gasteiger partial charge in [0.15, 0.2) is 0 Å². The molecule has 5 heteroatoms. The Labute approximate surface area is 138 Å². The number of anilines is 3. The summed E-state index contributed by atoms with van der Waals surface area (Å²) in [5.74, 6) is 0. The molecule has 0 saturated carbocycles. The molecule has 1 aliphatic rings. The Balaban J connectivity index is 1.77. The summed E-state index contributed by atoms with van der Waals surface area (Å²) in [6.07, 6.45) is 3.31. The lowest BCUT2D eigenvalue weighted by Gasteiger charge is -2.30. The van der Waals surface area contributed by atoms with Gasteiger partial charge < -0.3 is 5.32 Å². The Bertz CT molecular complexity index is 821. The summed E-state index contributed by atoms with van der Waals surface area (Å²) in [5.41, 5.74) is 2.45. The first-order valence-electron chi connectivity index (χ1n) is 7.20. The van der Waals surface area contributed by atoms with Gasteiger partial charge in [0.05, 0.1) is 23.3 Å². The van der Waals surface area contributed by atoms with Crippen LogP contribution in [0.3, 0.4) is 0 Å². The zero-order valence-corrected chi connectivity index (χ0v) is 13.0. The van der Waals surface area contributed by atoms with Crippen LogP contribution >= 0.6 is 11.8 Å². The molecule has 1 aliphatic heterocycles. The smallest absolute Gasteiger partial charge is 0.306 e. The maximum atomic E-state index is 12.9. The summed E-state index contributed by atoms with van der Waals surface area (Å²) in [7, 11) is 0. The zero-order valence-electron chi connectivity index (χ0n) is 12.1. The van der Waals surface area contributed by atoms with E-state index in [1.165, 1.54) is 0 Å². The van der Waals surface area contributed by atoms with E-state index in [2.05, 4.69) is 10.3 Å². The zero-order chi connectivity index (χ0) is 15.6. The molecule has 112 valence electrons. The minimum Gasteiger partial charge on any atom is -0.306 e. The second kappa shape index (κ2) is 5.78. The van der Waals surface area contributed by atoms with Crippen molar-refractivity contribution in [2.45, 2.75) is 9.79 Å². The third-order valence-electron chi connectivity index (χ3n) is 3.55. The predicted octanol–water partition coefficient (Wildman–Crippen LogP) is 4.92. The van der Waals surface area contributed by atoms with E-state index in [0.717, 1.165) is 21.2 Å². The number of urea groups is 1. The van der Waals surface area contributed by atoms with Gasteiger partial charge in [-0.15, -0.1) is 0 Å². The van der Waals surface area contributed by atoms with E-state index in [0.29, 0.717) is 5.69 Å². The number of benzene rings is 2. The van der Waals surface area contributed by atoms with Crippen LogP contribution in [0.15, 0.2) is 82.8 Å². The van der Waals surface area contributed by atoms with Gasteiger partial charge in [-0.3, -0.25) is 9.88 Å². The number of hydrogen-bond acceptors (Lipinski definition) is 3. The number of nitrogens with one attached hydrogen (secondary N) is 1. The second-order valence-electron chi connectivity index (χ2n) is 5.04. The number of amides is 2. The summed E-state index contributed by atoms with van der Waals surface area (Å²) in [6, 6.07) is 19.2. The van der Waals surface area contributed by atoms with Gasteiger partial charge in [0.25, 0.3) is 0 Å². The van der Waals surface area contributed by atoms with E-state index in [1.807, 2.05) is 54.6 Å². The molecule has 3 aromatic rings. The normalized spacial score (nSPS) is 12.3. The molecule has 0 fully saturated rings. The second-order valence-corrected chi connectivity index (χ2v) is 6.13. The summed E-state index contributed by atoms with van der Waals surface area (Å²) >= 11 is 1.68. The molecule has 0 aliphatic carbocycles. The highest BCUT2D eigenvalue weighted by atomic mass is 32.2. The van der Waals surface area contributed by atoms with E-state index >= 15 is 0 Å². The number of nitrogens with zero attached hydrogens (tertiary/aromatic N) is 2. The van der Waals surface area contributed by atoms with Crippen LogP contribution in [-0.2, 0) is 0 Å². The van der Waals surface area contributed by atoms with E-state index in [4.69, 9.17) is 0 Å². The largest absolute Gasteiger partial charge is 0.331 e. The molecule has 4 rings (SSSR count). The lowest BCUT2D eigenvalue weighted by molar-refractivity contribution is 0.259. The van der Waals surface area contributed by atoms with Gasteiger partial charge in [-0.05, 0) is 36.4 Å². The fourth-order valence-corrected chi connectivity index (χ4v) is 3.60.